The number of benzene rings is 2. The highest BCUT2D eigenvalue weighted by atomic mass is 16.1. The van der Waals surface area contributed by atoms with Gasteiger partial charge in [-0.1, -0.05) is 54.6 Å². The summed E-state index contributed by atoms with van der Waals surface area (Å²) in [5, 5.41) is 0. The molecule has 3 aromatic rings. The zero-order valence-corrected chi connectivity index (χ0v) is 14.2. The summed E-state index contributed by atoms with van der Waals surface area (Å²) in [5.74, 6) is 0.676. The Kier molecular flexibility index (Phi) is 4.43. The minimum atomic E-state index is 0.293. The average Bonchev–Trinajstić information content (AvgIpc) is 2.69. The Labute approximate surface area is 148 Å². The maximum absolute atomic E-state index is 12.0. The maximum atomic E-state index is 12.0. The van der Waals surface area contributed by atoms with Crippen LogP contribution in [0.25, 0.3) is 22.4 Å². The first-order valence-electron chi connectivity index (χ1n) is 8.94. The fourth-order valence-corrected chi connectivity index (χ4v) is 3.76. The monoisotopic (exact) mass is 327 g/mol. The number of Topliss-reactive ketones (excluding diaryl/α,β-unsaturated/α-hetero) is 1. The number of carbonyl (C=O) groups excluding carboxylic acids is 1. The first-order chi connectivity index (χ1) is 12.3. The number of carbonyl (C=O) groups is 1. The number of pyridine rings is 1. The molecule has 2 nitrogen and oxygen atoms in total. The predicted molar refractivity (Wildman–Crippen MR) is 101 cm³/mol. The van der Waals surface area contributed by atoms with E-state index in [-0.39, 0.29) is 0 Å². The molecule has 0 N–H and O–H groups in total. The number of aromatic nitrogens is 1. The first kappa shape index (κ1) is 15.8. The maximum Gasteiger partial charge on any atom is 0.133 e. The molecule has 25 heavy (non-hydrogen) atoms. The van der Waals surface area contributed by atoms with Crippen molar-refractivity contribution in [1.29, 1.82) is 0 Å². The minimum Gasteiger partial charge on any atom is -0.300 e. The van der Waals surface area contributed by atoms with Crippen molar-refractivity contribution < 1.29 is 4.79 Å². The molecule has 4 rings (SSSR count). The lowest BCUT2D eigenvalue weighted by atomic mass is 9.80. The molecule has 0 aliphatic heterocycles. The van der Waals surface area contributed by atoms with Crippen molar-refractivity contribution in [3.63, 3.8) is 0 Å². The summed E-state index contributed by atoms with van der Waals surface area (Å²) >= 11 is 0. The van der Waals surface area contributed by atoms with Gasteiger partial charge >= 0.3 is 0 Å². The largest absolute Gasteiger partial charge is 0.300 e. The lowest BCUT2D eigenvalue weighted by Crippen LogP contribution is -2.14. The van der Waals surface area contributed by atoms with Gasteiger partial charge in [0.2, 0.25) is 0 Å². The Morgan fingerprint density at radius 2 is 1.72 bits per heavy atom. The number of ketones is 1. The molecule has 0 bridgehead atoms. The molecule has 0 radical (unpaired) electrons. The molecule has 0 saturated heterocycles. The van der Waals surface area contributed by atoms with E-state index < -0.39 is 0 Å². The third kappa shape index (κ3) is 3.39. The standard InChI is InChI=1S/C23H21NO/c25-20-10-6-9-19(15-20)22-16-18(17-7-2-1-3-8-17)12-13-21(22)23-11-4-5-14-24-23/h1-5,7-8,11-14,16,19H,6,9-10,15H2. The number of hydrogen-bond acceptors (Lipinski definition) is 2. The second kappa shape index (κ2) is 7.02. The summed E-state index contributed by atoms with van der Waals surface area (Å²) in [7, 11) is 0. The highest BCUT2D eigenvalue weighted by Gasteiger charge is 2.24. The van der Waals surface area contributed by atoms with Gasteiger partial charge in [-0.05, 0) is 47.6 Å². The lowest BCUT2D eigenvalue weighted by Gasteiger charge is -2.24. The van der Waals surface area contributed by atoms with Crippen molar-refractivity contribution in [3.8, 4) is 22.4 Å². The zero-order chi connectivity index (χ0) is 17.1. The molecule has 2 aromatic carbocycles. The molecule has 1 heterocycles. The smallest absolute Gasteiger partial charge is 0.133 e. The van der Waals surface area contributed by atoms with Crippen molar-refractivity contribution in [2.24, 2.45) is 0 Å². The van der Waals surface area contributed by atoms with Gasteiger partial charge < -0.3 is 0 Å². The van der Waals surface area contributed by atoms with Crippen LogP contribution < -0.4 is 0 Å². The Bertz CT molecular complexity index is 871. The molecule has 1 aliphatic carbocycles. The summed E-state index contributed by atoms with van der Waals surface area (Å²) in [6.45, 7) is 0. The van der Waals surface area contributed by atoms with Gasteiger partial charge in [0.1, 0.15) is 5.78 Å². The molecular weight excluding hydrogens is 306 g/mol. The quantitative estimate of drug-likeness (QED) is 0.623. The van der Waals surface area contributed by atoms with Crippen LogP contribution in [0.15, 0.2) is 72.9 Å². The third-order valence-electron chi connectivity index (χ3n) is 5.02. The Hall–Kier alpha value is -2.74. The molecule has 0 amide bonds. The highest BCUT2D eigenvalue weighted by molar-refractivity contribution is 5.81. The number of rotatable bonds is 3. The van der Waals surface area contributed by atoms with Gasteiger partial charge in [-0.15, -0.1) is 0 Å². The topological polar surface area (TPSA) is 30.0 Å². The average molecular weight is 327 g/mol. The van der Waals surface area contributed by atoms with E-state index in [2.05, 4.69) is 47.4 Å². The second-order valence-corrected chi connectivity index (χ2v) is 6.71. The molecule has 2 heteroatoms. The van der Waals surface area contributed by atoms with Crippen LogP contribution in [0.5, 0.6) is 0 Å². The summed E-state index contributed by atoms with van der Waals surface area (Å²) in [5.41, 5.74) is 5.80. The van der Waals surface area contributed by atoms with Crippen molar-refractivity contribution >= 4 is 5.78 Å². The SMILES string of the molecule is O=C1CCCC(c2cc(-c3ccccc3)ccc2-c2ccccn2)C1. The molecular formula is C23H21NO. The first-order valence-corrected chi connectivity index (χ1v) is 8.94. The van der Waals surface area contributed by atoms with Gasteiger partial charge in [0.15, 0.2) is 0 Å². The molecule has 1 saturated carbocycles. The van der Waals surface area contributed by atoms with Gasteiger partial charge in [-0.2, -0.15) is 0 Å². The van der Waals surface area contributed by atoms with Gasteiger partial charge in [0.25, 0.3) is 0 Å². The van der Waals surface area contributed by atoms with Crippen LogP contribution >= 0.6 is 0 Å². The van der Waals surface area contributed by atoms with Gasteiger partial charge in [-0.25, -0.2) is 0 Å². The van der Waals surface area contributed by atoms with Crippen LogP contribution in [0.2, 0.25) is 0 Å². The van der Waals surface area contributed by atoms with E-state index in [4.69, 9.17) is 0 Å². The summed E-state index contributed by atoms with van der Waals surface area (Å²) < 4.78 is 0. The van der Waals surface area contributed by atoms with Gasteiger partial charge in [0.05, 0.1) is 5.69 Å². The molecule has 1 aliphatic rings. The zero-order valence-electron chi connectivity index (χ0n) is 14.2. The van der Waals surface area contributed by atoms with E-state index >= 15 is 0 Å². The van der Waals surface area contributed by atoms with E-state index in [0.717, 1.165) is 30.5 Å². The molecule has 1 unspecified atom stereocenters. The van der Waals surface area contributed by atoms with Crippen LogP contribution in [0.1, 0.15) is 37.2 Å². The van der Waals surface area contributed by atoms with Crippen molar-refractivity contribution in [2.75, 3.05) is 0 Å². The molecule has 1 atom stereocenters. The van der Waals surface area contributed by atoms with Crippen molar-refractivity contribution in [1.82, 2.24) is 4.98 Å². The fraction of sp³-hybridized carbons (Fsp3) is 0.217. The lowest BCUT2D eigenvalue weighted by molar-refractivity contribution is -0.120. The van der Waals surface area contributed by atoms with Crippen LogP contribution in [-0.4, -0.2) is 10.8 Å². The summed E-state index contributed by atoms with van der Waals surface area (Å²) in [6.07, 6.45) is 5.27. The van der Waals surface area contributed by atoms with Crippen LogP contribution in [0.4, 0.5) is 0 Å². The van der Waals surface area contributed by atoms with E-state index in [1.807, 2.05) is 30.5 Å². The Balaban J connectivity index is 1.82. The highest BCUT2D eigenvalue weighted by Crippen LogP contribution is 2.38. The van der Waals surface area contributed by atoms with Crippen LogP contribution in [0, 0.1) is 0 Å². The molecule has 0 spiro atoms. The third-order valence-corrected chi connectivity index (χ3v) is 5.02. The van der Waals surface area contributed by atoms with Crippen LogP contribution in [-0.2, 0) is 4.79 Å². The molecule has 1 fully saturated rings. The Morgan fingerprint density at radius 3 is 2.48 bits per heavy atom. The van der Waals surface area contributed by atoms with Gasteiger partial charge in [0, 0.05) is 24.6 Å². The summed E-state index contributed by atoms with van der Waals surface area (Å²) in [4.78, 5) is 16.6. The minimum absolute atomic E-state index is 0.293. The van der Waals surface area contributed by atoms with Gasteiger partial charge in [-0.3, -0.25) is 9.78 Å². The van der Waals surface area contributed by atoms with E-state index in [1.54, 1.807) is 0 Å². The Morgan fingerprint density at radius 1 is 0.880 bits per heavy atom. The molecule has 1 aromatic heterocycles. The predicted octanol–water partition coefficient (Wildman–Crippen LogP) is 5.64. The fourth-order valence-electron chi connectivity index (χ4n) is 3.76. The number of hydrogen-bond donors (Lipinski definition) is 0. The van der Waals surface area contributed by atoms with E-state index in [1.165, 1.54) is 16.7 Å². The van der Waals surface area contributed by atoms with E-state index in [0.29, 0.717) is 18.1 Å². The van der Waals surface area contributed by atoms with E-state index in [9.17, 15) is 4.79 Å². The van der Waals surface area contributed by atoms with Crippen molar-refractivity contribution in [2.45, 2.75) is 31.6 Å². The second-order valence-electron chi connectivity index (χ2n) is 6.71. The van der Waals surface area contributed by atoms with Crippen LogP contribution in [0.3, 0.4) is 0 Å². The molecule has 124 valence electrons. The normalized spacial score (nSPS) is 17.4. The van der Waals surface area contributed by atoms with Crippen molar-refractivity contribution in [3.05, 3.63) is 78.5 Å². The summed E-state index contributed by atoms with van der Waals surface area (Å²) in [6, 6.07) is 23.0. The number of nitrogens with zero attached hydrogens (tertiary/aromatic N) is 1.